The van der Waals surface area contributed by atoms with Crippen molar-refractivity contribution in [3.05, 3.63) is 71.5 Å². The normalized spacial score (nSPS) is 13.5. The van der Waals surface area contributed by atoms with Gasteiger partial charge in [-0.3, -0.25) is 4.98 Å². The highest BCUT2D eigenvalue weighted by Crippen LogP contribution is 2.29. The van der Waals surface area contributed by atoms with Gasteiger partial charge < -0.3 is 10.1 Å². The summed E-state index contributed by atoms with van der Waals surface area (Å²) in [5.41, 5.74) is 4.84. The van der Waals surface area contributed by atoms with Gasteiger partial charge in [0, 0.05) is 29.4 Å². The van der Waals surface area contributed by atoms with E-state index in [2.05, 4.69) is 20.5 Å². The minimum absolute atomic E-state index is 0.370. The van der Waals surface area contributed by atoms with Crippen LogP contribution >= 0.6 is 0 Å². The largest absolute Gasteiger partial charge is 0.470 e. The molecule has 0 spiro atoms. The van der Waals surface area contributed by atoms with Gasteiger partial charge in [-0.25, -0.2) is 0 Å². The van der Waals surface area contributed by atoms with Crippen molar-refractivity contribution in [2.24, 2.45) is 0 Å². The molecule has 0 unspecified atom stereocenters. The Morgan fingerprint density at radius 1 is 1.00 bits per heavy atom. The molecule has 1 aliphatic heterocycles. The van der Waals surface area contributed by atoms with E-state index in [9.17, 15) is 0 Å². The van der Waals surface area contributed by atoms with Gasteiger partial charge in [-0.05, 0) is 25.1 Å². The number of ether oxygens (including phenoxy) is 1. The lowest BCUT2D eigenvalue weighted by Gasteiger charge is -2.20. The quantitative estimate of drug-likeness (QED) is 0.604. The van der Waals surface area contributed by atoms with Crippen LogP contribution in [0.25, 0.3) is 17.0 Å². The third-order valence-electron chi connectivity index (χ3n) is 4.69. The average Bonchev–Trinajstić information content (AvgIpc) is 3.17. The van der Waals surface area contributed by atoms with Crippen LogP contribution in [0.1, 0.15) is 16.8 Å². The summed E-state index contributed by atoms with van der Waals surface area (Å²) < 4.78 is 7.87. The molecule has 27 heavy (non-hydrogen) atoms. The first-order valence-electron chi connectivity index (χ1n) is 8.96. The number of hydrogen-bond acceptors (Lipinski definition) is 6. The van der Waals surface area contributed by atoms with Crippen LogP contribution in [-0.2, 0) is 19.6 Å². The lowest BCUT2D eigenvalue weighted by Crippen LogP contribution is -2.26. The summed E-state index contributed by atoms with van der Waals surface area (Å²) in [6, 6.07) is 15.7. The van der Waals surface area contributed by atoms with E-state index < -0.39 is 0 Å². The van der Waals surface area contributed by atoms with Crippen LogP contribution in [0.3, 0.4) is 0 Å². The number of rotatable bonds is 4. The van der Waals surface area contributed by atoms with Gasteiger partial charge in [0.2, 0.25) is 5.88 Å². The van der Waals surface area contributed by atoms with E-state index in [1.165, 1.54) is 0 Å². The molecule has 0 aliphatic carbocycles. The lowest BCUT2D eigenvalue weighted by atomic mass is 10.0. The van der Waals surface area contributed by atoms with Gasteiger partial charge in [-0.2, -0.15) is 4.52 Å². The average molecular weight is 358 g/mol. The van der Waals surface area contributed by atoms with Crippen LogP contribution in [0.2, 0.25) is 0 Å². The highest BCUT2D eigenvalue weighted by Gasteiger charge is 2.23. The number of pyridine rings is 1. The first-order valence-corrected chi connectivity index (χ1v) is 8.96. The second kappa shape index (κ2) is 6.77. The zero-order valence-corrected chi connectivity index (χ0v) is 14.7. The van der Waals surface area contributed by atoms with Gasteiger partial charge in [0.1, 0.15) is 6.61 Å². The van der Waals surface area contributed by atoms with E-state index >= 15 is 0 Å². The Balaban J connectivity index is 1.61. The summed E-state index contributed by atoms with van der Waals surface area (Å²) in [7, 11) is 0. The molecule has 0 saturated heterocycles. The zero-order chi connectivity index (χ0) is 18.1. The molecule has 7 heteroatoms. The highest BCUT2D eigenvalue weighted by atomic mass is 16.5. The molecule has 134 valence electrons. The van der Waals surface area contributed by atoms with Crippen molar-refractivity contribution in [2.75, 3.05) is 6.54 Å². The van der Waals surface area contributed by atoms with E-state index in [1.807, 2.05) is 48.5 Å². The van der Waals surface area contributed by atoms with E-state index in [1.54, 1.807) is 10.7 Å². The fourth-order valence-electron chi connectivity index (χ4n) is 3.36. The van der Waals surface area contributed by atoms with E-state index in [4.69, 9.17) is 9.84 Å². The van der Waals surface area contributed by atoms with Gasteiger partial charge in [0.05, 0.1) is 5.69 Å². The third-order valence-corrected chi connectivity index (χ3v) is 4.69. The molecule has 0 fully saturated rings. The number of hydrogen-bond donors (Lipinski definition) is 1. The van der Waals surface area contributed by atoms with Crippen LogP contribution in [0.4, 0.5) is 0 Å². The van der Waals surface area contributed by atoms with Gasteiger partial charge in [0.25, 0.3) is 0 Å². The minimum Gasteiger partial charge on any atom is -0.470 e. The van der Waals surface area contributed by atoms with E-state index in [0.717, 1.165) is 46.8 Å². The van der Waals surface area contributed by atoms with Crippen molar-refractivity contribution in [1.29, 1.82) is 0 Å². The second-order valence-electron chi connectivity index (χ2n) is 6.42. The molecule has 0 amide bonds. The SMILES string of the molecule is c1ccc(-c2nnc3c4c(c(OCc5ccccn5)nn23)CNCC4)cc1. The van der Waals surface area contributed by atoms with Gasteiger partial charge in [0.15, 0.2) is 11.5 Å². The molecular formula is C20H18N6O. The summed E-state index contributed by atoms with van der Waals surface area (Å²) >= 11 is 0. The Hall–Kier alpha value is -3.32. The van der Waals surface area contributed by atoms with Crippen molar-refractivity contribution in [3.8, 4) is 17.3 Å². The predicted octanol–water partition coefficient (Wildman–Crippen LogP) is 2.41. The van der Waals surface area contributed by atoms with Crippen molar-refractivity contribution in [1.82, 2.24) is 30.1 Å². The van der Waals surface area contributed by atoms with Crippen molar-refractivity contribution >= 4 is 5.65 Å². The third kappa shape index (κ3) is 2.92. The first kappa shape index (κ1) is 15.9. The molecule has 0 radical (unpaired) electrons. The Kier molecular flexibility index (Phi) is 3.99. The fourth-order valence-corrected chi connectivity index (χ4v) is 3.36. The fraction of sp³-hybridized carbons (Fsp3) is 0.200. The topological polar surface area (TPSA) is 77.2 Å². The molecule has 7 nitrogen and oxygen atoms in total. The summed E-state index contributed by atoms with van der Waals surface area (Å²) in [5, 5.41) is 16.9. The number of benzene rings is 1. The summed E-state index contributed by atoms with van der Waals surface area (Å²) in [6.45, 7) is 1.98. The molecule has 0 bridgehead atoms. The zero-order valence-electron chi connectivity index (χ0n) is 14.7. The van der Waals surface area contributed by atoms with Crippen molar-refractivity contribution < 1.29 is 4.74 Å². The lowest BCUT2D eigenvalue weighted by molar-refractivity contribution is 0.279. The molecule has 0 saturated carbocycles. The van der Waals surface area contributed by atoms with Crippen LogP contribution in [0.15, 0.2) is 54.7 Å². The molecule has 1 aliphatic rings. The molecule has 1 aromatic carbocycles. The van der Waals surface area contributed by atoms with Crippen molar-refractivity contribution in [2.45, 2.75) is 19.6 Å². The Morgan fingerprint density at radius 2 is 1.89 bits per heavy atom. The summed E-state index contributed by atoms with van der Waals surface area (Å²) in [4.78, 5) is 4.32. The number of fused-ring (bicyclic) bond motifs is 3. The Bertz CT molecular complexity index is 1080. The number of nitrogens with zero attached hydrogens (tertiary/aromatic N) is 5. The highest BCUT2D eigenvalue weighted by molar-refractivity contribution is 5.63. The molecule has 0 atom stereocenters. The maximum Gasteiger partial charge on any atom is 0.237 e. The molecule has 5 rings (SSSR count). The molecule has 4 heterocycles. The first-order chi connectivity index (χ1) is 13.4. The van der Waals surface area contributed by atoms with Gasteiger partial charge in [-0.1, -0.05) is 36.4 Å². The van der Waals surface area contributed by atoms with E-state index in [0.29, 0.717) is 19.0 Å². The Labute approximate surface area is 156 Å². The van der Waals surface area contributed by atoms with E-state index in [-0.39, 0.29) is 0 Å². The van der Waals surface area contributed by atoms with Gasteiger partial charge >= 0.3 is 0 Å². The van der Waals surface area contributed by atoms with Crippen LogP contribution in [0, 0.1) is 0 Å². The minimum atomic E-state index is 0.370. The van der Waals surface area contributed by atoms with Crippen molar-refractivity contribution in [3.63, 3.8) is 0 Å². The summed E-state index contributed by atoms with van der Waals surface area (Å²) in [6.07, 6.45) is 2.63. The second-order valence-corrected chi connectivity index (χ2v) is 6.42. The van der Waals surface area contributed by atoms with Crippen LogP contribution < -0.4 is 10.1 Å². The Morgan fingerprint density at radius 3 is 2.74 bits per heavy atom. The van der Waals surface area contributed by atoms with Crippen LogP contribution in [0.5, 0.6) is 5.88 Å². The van der Waals surface area contributed by atoms with Crippen LogP contribution in [-0.4, -0.2) is 31.3 Å². The summed E-state index contributed by atoms with van der Waals surface area (Å²) in [5.74, 6) is 1.32. The number of aromatic nitrogens is 5. The molecular weight excluding hydrogens is 340 g/mol. The predicted molar refractivity (Wildman–Crippen MR) is 100 cm³/mol. The maximum absolute atomic E-state index is 6.07. The maximum atomic E-state index is 6.07. The standard InChI is InChI=1S/C20H18N6O/c1-2-6-14(7-3-1)18-23-24-19-16-9-11-21-12-17(16)20(25-26(18)19)27-13-15-8-4-5-10-22-15/h1-8,10,21H,9,11-13H2. The smallest absolute Gasteiger partial charge is 0.237 e. The molecule has 3 aromatic heterocycles. The monoisotopic (exact) mass is 358 g/mol. The number of nitrogens with one attached hydrogen (secondary N) is 1. The molecule has 4 aromatic rings. The van der Waals surface area contributed by atoms with Gasteiger partial charge in [-0.15, -0.1) is 15.3 Å². The molecule has 1 N–H and O–H groups in total.